The fourth-order valence-corrected chi connectivity index (χ4v) is 5.39. The molecule has 6 heteroatoms. The van der Waals surface area contributed by atoms with Crippen LogP contribution in [-0.2, 0) is 25.8 Å². The Morgan fingerprint density at radius 3 is 2.93 bits per heavy atom. The van der Waals surface area contributed by atoms with Crippen molar-refractivity contribution in [2.24, 2.45) is 0 Å². The van der Waals surface area contributed by atoms with Crippen LogP contribution in [0.3, 0.4) is 0 Å². The van der Waals surface area contributed by atoms with Crippen LogP contribution in [0.1, 0.15) is 45.5 Å². The molecular weight excluding hydrogens is 380 g/mol. The predicted molar refractivity (Wildman–Crippen MR) is 116 cm³/mol. The fraction of sp³-hybridized carbons (Fsp3) is 0.391. The molecule has 1 unspecified atom stereocenters. The quantitative estimate of drug-likeness (QED) is 0.704. The van der Waals surface area contributed by atoms with E-state index in [1.165, 1.54) is 16.1 Å². The lowest BCUT2D eigenvalue weighted by Gasteiger charge is -2.32. The first-order chi connectivity index (χ1) is 14.2. The molecule has 150 valence electrons. The average molecular weight is 407 g/mol. The lowest BCUT2D eigenvalue weighted by molar-refractivity contribution is 0.0926. The predicted octanol–water partition coefficient (Wildman–Crippen LogP) is 3.60. The molecule has 2 aromatic heterocycles. The molecule has 0 radical (unpaired) electrons. The zero-order valence-electron chi connectivity index (χ0n) is 16.7. The Labute approximate surface area is 175 Å². The highest BCUT2D eigenvalue weighted by Gasteiger charge is 2.28. The van der Waals surface area contributed by atoms with Crippen molar-refractivity contribution in [3.05, 3.63) is 69.2 Å². The molecule has 0 fully saturated rings. The van der Waals surface area contributed by atoms with Gasteiger partial charge in [-0.05, 0) is 61.7 Å². The molecule has 1 amide bonds. The van der Waals surface area contributed by atoms with Gasteiger partial charge in [-0.15, -0.1) is 11.3 Å². The molecule has 0 spiro atoms. The highest BCUT2D eigenvalue weighted by Crippen LogP contribution is 2.28. The maximum Gasteiger partial charge on any atom is 0.272 e. The first-order valence-electron chi connectivity index (χ1n) is 10.4. The zero-order valence-corrected chi connectivity index (χ0v) is 17.5. The molecule has 1 aliphatic carbocycles. The fourth-order valence-electron chi connectivity index (χ4n) is 4.50. The van der Waals surface area contributed by atoms with Crippen LogP contribution >= 0.6 is 11.3 Å². The van der Waals surface area contributed by atoms with Gasteiger partial charge in [0.25, 0.3) is 5.91 Å². The molecule has 5 nitrogen and oxygen atoms in total. The van der Waals surface area contributed by atoms with E-state index in [9.17, 15) is 4.79 Å². The maximum absolute atomic E-state index is 13.0. The summed E-state index contributed by atoms with van der Waals surface area (Å²) in [5.41, 5.74) is 5.39. The Kier molecular flexibility index (Phi) is 4.97. The van der Waals surface area contributed by atoms with Crippen molar-refractivity contribution >= 4 is 17.2 Å². The van der Waals surface area contributed by atoms with E-state index in [4.69, 9.17) is 5.10 Å². The third-order valence-electron chi connectivity index (χ3n) is 6.16. The Morgan fingerprint density at radius 2 is 2.07 bits per heavy atom. The van der Waals surface area contributed by atoms with Gasteiger partial charge in [0.15, 0.2) is 5.69 Å². The topological polar surface area (TPSA) is 50.2 Å². The lowest BCUT2D eigenvalue weighted by Crippen LogP contribution is -2.44. The Hall–Kier alpha value is -2.44. The van der Waals surface area contributed by atoms with Gasteiger partial charge in [0, 0.05) is 41.8 Å². The molecule has 0 saturated heterocycles. The van der Waals surface area contributed by atoms with Gasteiger partial charge >= 0.3 is 0 Å². The maximum atomic E-state index is 13.0. The first-order valence-corrected chi connectivity index (χ1v) is 11.3. The molecule has 0 saturated carbocycles. The standard InChI is InChI=1S/C23H26N4OS/c1-16(26-12-10-21-17(15-26)11-13-29-21)14-24-23(28)22-19-8-5-9-20(19)27(25-22)18-6-3-2-4-7-18/h2-4,6-7,11,13,16H,5,8-10,12,14-15H2,1H3,(H,24,28). The van der Waals surface area contributed by atoms with Crippen molar-refractivity contribution in [2.45, 2.75) is 45.2 Å². The van der Waals surface area contributed by atoms with E-state index in [1.54, 1.807) is 0 Å². The molecule has 1 N–H and O–H groups in total. The van der Waals surface area contributed by atoms with Crippen molar-refractivity contribution in [1.82, 2.24) is 20.0 Å². The molecule has 1 atom stereocenters. The number of nitrogens with one attached hydrogen (secondary N) is 1. The number of thiophene rings is 1. The number of carbonyl (C=O) groups is 1. The summed E-state index contributed by atoms with van der Waals surface area (Å²) in [5, 5.41) is 10.0. The summed E-state index contributed by atoms with van der Waals surface area (Å²) in [7, 11) is 0. The summed E-state index contributed by atoms with van der Waals surface area (Å²) < 4.78 is 1.96. The Bertz CT molecular complexity index is 1020. The van der Waals surface area contributed by atoms with E-state index in [0.717, 1.165) is 50.0 Å². The highest BCUT2D eigenvalue weighted by atomic mass is 32.1. The third-order valence-corrected chi connectivity index (χ3v) is 7.19. The van der Waals surface area contributed by atoms with Gasteiger partial charge in [-0.2, -0.15) is 5.10 Å². The number of para-hydroxylation sites is 1. The molecule has 0 bridgehead atoms. The van der Waals surface area contributed by atoms with Crippen LogP contribution in [0.2, 0.25) is 0 Å². The molecule has 5 rings (SSSR count). The van der Waals surface area contributed by atoms with Gasteiger partial charge in [-0.3, -0.25) is 9.69 Å². The Balaban J connectivity index is 1.28. The third kappa shape index (κ3) is 3.51. The van der Waals surface area contributed by atoms with E-state index >= 15 is 0 Å². The van der Waals surface area contributed by atoms with E-state index in [0.29, 0.717) is 18.3 Å². The van der Waals surface area contributed by atoms with Gasteiger partial charge in [-0.25, -0.2) is 4.68 Å². The van der Waals surface area contributed by atoms with E-state index in [-0.39, 0.29) is 5.91 Å². The number of carbonyl (C=O) groups excluding carboxylic acids is 1. The van der Waals surface area contributed by atoms with Gasteiger partial charge in [-0.1, -0.05) is 18.2 Å². The monoisotopic (exact) mass is 406 g/mol. The van der Waals surface area contributed by atoms with Crippen LogP contribution in [0, 0.1) is 0 Å². The number of hydrogen-bond acceptors (Lipinski definition) is 4. The number of amides is 1. The molecule has 3 heterocycles. The largest absolute Gasteiger partial charge is 0.349 e. The molecule has 2 aliphatic rings. The van der Waals surface area contributed by atoms with Gasteiger partial charge in [0.05, 0.1) is 5.69 Å². The van der Waals surface area contributed by atoms with Crippen LogP contribution in [0.4, 0.5) is 0 Å². The van der Waals surface area contributed by atoms with E-state index < -0.39 is 0 Å². The van der Waals surface area contributed by atoms with E-state index in [2.05, 4.69) is 28.6 Å². The van der Waals surface area contributed by atoms with E-state index in [1.807, 2.05) is 46.4 Å². The number of fused-ring (bicyclic) bond motifs is 2. The van der Waals surface area contributed by atoms with Crippen molar-refractivity contribution in [3.8, 4) is 5.69 Å². The van der Waals surface area contributed by atoms with Crippen LogP contribution in [-0.4, -0.2) is 39.7 Å². The number of rotatable bonds is 5. The van der Waals surface area contributed by atoms with Crippen LogP contribution in [0.5, 0.6) is 0 Å². The lowest BCUT2D eigenvalue weighted by atomic mass is 10.1. The van der Waals surface area contributed by atoms with Gasteiger partial charge in [0.1, 0.15) is 0 Å². The summed E-state index contributed by atoms with van der Waals surface area (Å²) in [6, 6.07) is 12.7. The van der Waals surface area contributed by atoms with Crippen LogP contribution in [0.25, 0.3) is 5.69 Å². The number of hydrogen-bond donors (Lipinski definition) is 1. The first kappa shape index (κ1) is 18.6. The van der Waals surface area contributed by atoms with Crippen LogP contribution < -0.4 is 5.32 Å². The normalized spacial score (nSPS) is 17.0. The molecule has 3 aromatic rings. The smallest absolute Gasteiger partial charge is 0.272 e. The minimum Gasteiger partial charge on any atom is -0.349 e. The second kappa shape index (κ2) is 7.76. The minimum atomic E-state index is -0.0436. The van der Waals surface area contributed by atoms with Crippen molar-refractivity contribution in [3.63, 3.8) is 0 Å². The second-order valence-corrected chi connectivity index (χ2v) is 9.02. The molecule has 29 heavy (non-hydrogen) atoms. The summed E-state index contributed by atoms with van der Waals surface area (Å²) in [4.78, 5) is 17.0. The van der Waals surface area contributed by atoms with Crippen molar-refractivity contribution in [2.75, 3.05) is 13.1 Å². The zero-order chi connectivity index (χ0) is 19.8. The Morgan fingerprint density at radius 1 is 1.21 bits per heavy atom. The highest BCUT2D eigenvalue weighted by molar-refractivity contribution is 7.10. The van der Waals surface area contributed by atoms with Gasteiger partial charge < -0.3 is 5.32 Å². The summed E-state index contributed by atoms with van der Waals surface area (Å²) >= 11 is 1.86. The molecule has 1 aromatic carbocycles. The van der Waals surface area contributed by atoms with Gasteiger partial charge in [0.2, 0.25) is 0 Å². The number of benzene rings is 1. The van der Waals surface area contributed by atoms with Crippen molar-refractivity contribution in [1.29, 1.82) is 0 Å². The summed E-state index contributed by atoms with van der Waals surface area (Å²) in [6.07, 6.45) is 4.12. The summed E-state index contributed by atoms with van der Waals surface area (Å²) in [5.74, 6) is -0.0436. The number of nitrogens with zero attached hydrogens (tertiary/aromatic N) is 3. The van der Waals surface area contributed by atoms with Crippen LogP contribution in [0.15, 0.2) is 41.8 Å². The molecular formula is C23H26N4OS. The number of aromatic nitrogens is 2. The summed E-state index contributed by atoms with van der Waals surface area (Å²) in [6.45, 7) is 4.88. The van der Waals surface area contributed by atoms with Crippen molar-refractivity contribution < 1.29 is 4.79 Å². The minimum absolute atomic E-state index is 0.0436. The average Bonchev–Trinajstić information content (AvgIpc) is 3.47. The second-order valence-electron chi connectivity index (χ2n) is 8.02. The molecule has 1 aliphatic heterocycles. The SMILES string of the molecule is CC(CNC(=O)c1nn(-c2ccccc2)c2c1CCC2)N1CCc2sccc2C1.